The minimum atomic E-state index is 0.256. The molecule has 3 aromatic rings. The van der Waals surface area contributed by atoms with Gasteiger partial charge in [-0.15, -0.1) is 0 Å². The van der Waals surface area contributed by atoms with Crippen molar-refractivity contribution in [3.63, 3.8) is 0 Å². The summed E-state index contributed by atoms with van der Waals surface area (Å²) < 4.78 is 0. The van der Waals surface area contributed by atoms with Crippen molar-refractivity contribution in [2.75, 3.05) is 0 Å². The zero-order valence-corrected chi connectivity index (χ0v) is 12.1. The monoisotopic (exact) mass is 295 g/mol. The van der Waals surface area contributed by atoms with E-state index in [0.717, 1.165) is 22.4 Å². The Morgan fingerprint density at radius 1 is 0.952 bits per heavy atom. The zero-order chi connectivity index (χ0) is 14.7. The van der Waals surface area contributed by atoms with Crippen LogP contribution in [0, 0.1) is 0 Å². The summed E-state index contributed by atoms with van der Waals surface area (Å²) in [5.41, 5.74) is 3.87. The molecule has 3 rings (SSSR count). The standard InChI is InChI=1S/C18H14ClNO/c19-16-7-9-18(21)15(11-16)10-13-6-8-17(20-12-13)14-4-2-1-3-5-14/h1-9,11-12,21H,10H2. The first-order chi connectivity index (χ1) is 10.2. The molecule has 3 heteroatoms. The molecule has 1 aromatic heterocycles. The van der Waals surface area contributed by atoms with E-state index in [0.29, 0.717) is 11.4 Å². The van der Waals surface area contributed by atoms with Crippen molar-refractivity contribution in [2.45, 2.75) is 6.42 Å². The number of rotatable bonds is 3. The number of pyridine rings is 1. The Bertz CT molecular complexity index is 739. The van der Waals surface area contributed by atoms with Crippen LogP contribution in [0.2, 0.25) is 5.02 Å². The summed E-state index contributed by atoms with van der Waals surface area (Å²) in [5, 5.41) is 10.5. The van der Waals surface area contributed by atoms with E-state index in [1.54, 1.807) is 18.2 Å². The van der Waals surface area contributed by atoms with Crippen molar-refractivity contribution in [3.05, 3.63) is 83.0 Å². The van der Waals surface area contributed by atoms with Crippen LogP contribution in [0.25, 0.3) is 11.3 Å². The third-order valence-corrected chi connectivity index (χ3v) is 3.57. The number of aromatic nitrogens is 1. The topological polar surface area (TPSA) is 33.1 Å². The van der Waals surface area contributed by atoms with E-state index in [4.69, 9.17) is 11.6 Å². The fourth-order valence-electron chi connectivity index (χ4n) is 2.22. The summed E-state index contributed by atoms with van der Waals surface area (Å²) in [5.74, 6) is 0.256. The van der Waals surface area contributed by atoms with Crippen LogP contribution in [0.3, 0.4) is 0 Å². The molecule has 0 spiro atoms. The number of hydrogen-bond acceptors (Lipinski definition) is 2. The van der Waals surface area contributed by atoms with Crippen LogP contribution in [-0.2, 0) is 6.42 Å². The van der Waals surface area contributed by atoms with E-state index in [2.05, 4.69) is 4.98 Å². The van der Waals surface area contributed by atoms with Gasteiger partial charge >= 0.3 is 0 Å². The van der Waals surface area contributed by atoms with E-state index in [1.165, 1.54) is 0 Å². The summed E-state index contributed by atoms with van der Waals surface area (Å²) in [6, 6.07) is 19.1. The van der Waals surface area contributed by atoms with Crippen molar-refractivity contribution >= 4 is 11.6 Å². The fraction of sp³-hybridized carbons (Fsp3) is 0.0556. The fourth-order valence-corrected chi connectivity index (χ4v) is 2.42. The lowest BCUT2D eigenvalue weighted by atomic mass is 10.0. The highest BCUT2D eigenvalue weighted by Gasteiger charge is 2.05. The third-order valence-electron chi connectivity index (χ3n) is 3.33. The molecule has 2 nitrogen and oxygen atoms in total. The van der Waals surface area contributed by atoms with Crippen molar-refractivity contribution in [1.82, 2.24) is 4.98 Å². The number of benzene rings is 2. The number of phenolic OH excluding ortho intramolecular Hbond substituents is 1. The molecule has 0 atom stereocenters. The second-order valence-corrected chi connectivity index (χ2v) is 5.30. The smallest absolute Gasteiger partial charge is 0.119 e. The zero-order valence-electron chi connectivity index (χ0n) is 11.3. The minimum Gasteiger partial charge on any atom is -0.508 e. The van der Waals surface area contributed by atoms with Gasteiger partial charge in [-0.05, 0) is 35.4 Å². The van der Waals surface area contributed by atoms with Gasteiger partial charge in [-0.2, -0.15) is 0 Å². The highest BCUT2D eigenvalue weighted by molar-refractivity contribution is 6.30. The van der Waals surface area contributed by atoms with Gasteiger partial charge < -0.3 is 5.11 Å². The van der Waals surface area contributed by atoms with Crippen molar-refractivity contribution < 1.29 is 5.11 Å². The molecular formula is C18H14ClNO. The van der Waals surface area contributed by atoms with Gasteiger partial charge in [-0.1, -0.05) is 48.0 Å². The molecule has 0 bridgehead atoms. The van der Waals surface area contributed by atoms with Gasteiger partial charge in [0.1, 0.15) is 5.75 Å². The van der Waals surface area contributed by atoms with E-state index < -0.39 is 0 Å². The van der Waals surface area contributed by atoms with Gasteiger partial charge in [0.2, 0.25) is 0 Å². The number of halogens is 1. The second kappa shape index (κ2) is 5.98. The average Bonchev–Trinajstić information content (AvgIpc) is 2.53. The quantitative estimate of drug-likeness (QED) is 0.760. The molecule has 0 saturated heterocycles. The maximum Gasteiger partial charge on any atom is 0.119 e. The van der Waals surface area contributed by atoms with Crippen LogP contribution in [0.5, 0.6) is 5.75 Å². The van der Waals surface area contributed by atoms with Crippen LogP contribution in [0.1, 0.15) is 11.1 Å². The lowest BCUT2D eigenvalue weighted by molar-refractivity contribution is 0.469. The Morgan fingerprint density at radius 3 is 2.48 bits per heavy atom. The van der Waals surface area contributed by atoms with Crippen LogP contribution in [0.15, 0.2) is 66.9 Å². The first-order valence-electron chi connectivity index (χ1n) is 6.70. The highest BCUT2D eigenvalue weighted by atomic mass is 35.5. The summed E-state index contributed by atoms with van der Waals surface area (Å²) in [6.07, 6.45) is 2.44. The lowest BCUT2D eigenvalue weighted by Gasteiger charge is -2.06. The largest absolute Gasteiger partial charge is 0.508 e. The summed E-state index contributed by atoms with van der Waals surface area (Å²) >= 11 is 5.96. The van der Waals surface area contributed by atoms with Crippen molar-refractivity contribution in [1.29, 1.82) is 0 Å². The normalized spacial score (nSPS) is 10.5. The molecule has 0 aliphatic carbocycles. The molecule has 0 amide bonds. The molecule has 1 heterocycles. The van der Waals surface area contributed by atoms with Crippen LogP contribution < -0.4 is 0 Å². The van der Waals surface area contributed by atoms with E-state index in [-0.39, 0.29) is 5.75 Å². The predicted octanol–water partition coefficient (Wildman–Crippen LogP) is 4.70. The van der Waals surface area contributed by atoms with Crippen LogP contribution >= 0.6 is 11.6 Å². The third kappa shape index (κ3) is 3.23. The summed E-state index contributed by atoms with van der Waals surface area (Å²) in [7, 11) is 0. The second-order valence-electron chi connectivity index (χ2n) is 4.87. The molecule has 104 valence electrons. The Hall–Kier alpha value is -2.32. The Morgan fingerprint density at radius 2 is 1.76 bits per heavy atom. The number of aromatic hydroxyl groups is 1. The summed E-state index contributed by atoms with van der Waals surface area (Å²) in [4.78, 5) is 4.48. The van der Waals surface area contributed by atoms with Gasteiger partial charge in [0.15, 0.2) is 0 Å². The van der Waals surface area contributed by atoms with Gasteiger partial charge in [0.25, 0.3) is 0 Å². The van der Waals surface area contributed by atoms with E-state index >= 15 is 0 Å². The van der Waals surface area contributed by atoms with Crippen molar-refractivity contribution in [2.24, 2.45) is 0 Å². The minimum absolute atomic E-state index is 0.256. The van der Waals surface area contributed by atoms with E-state index in [1.807, 2.05) is 48.7 Å². The lowest BCUT2D eigenvalue weighted by Crippen LogP contribution is -1.91. The predicted molar refractivity (Wildman–Crippen MR) is 85.6 cm³/mol. The molecule has 1 N–H and O–H groups in total. The molecule has 0 aliphatic heterocycles. The number of phenols is 1. The van der Waals surface area contributed by atoms with Crippen LogP contribution in [-0.4, -0.2) is 10.1 Å². The molecule has 0 fully saturated rings. The average molecular weight is 296 g/mol. The van der Waals surface area contributed by atoms with E-state index in [9.17, 15) is 5.11 Å². The first kappa shape index (κ1) is 13.7. The van der Waals surface area contributed by atoms with Crippen molar-refractivity contribution in [3.8, 4) is 17.0 Å². The Labute approximate surface area is 128 Å². The molecule has 0 radical (unpaired) electrons. The molecule has 0 saturated carbocycles. The summed E-state index contributed by atoms with van der Waals surface area (Å²) in [6.45, 7) is 0. The first-order valence-corrected chi connectivity index (χ1v) is 7.08. The molecule has 21 heavy (non-hydrogen) atoms. The number of nitrogens with zero attached hydrogens (tertiary/aromatic N) is 1. The molecule has 0 aliphatic rings. The molecule has 0 unspecified atom stereocenters. The Balaban J connectivity index is 1.83. The maximum absolute atomic E-state index is 9.85. The molecular weight excluding hydrogens is 282 g/mol. The number of hydrogen-bond donors (Lipinski definition) is 1. The van der Waals surface area contributed by atoms with Gasteiger partial charge in [0.05, 0.1) is 5.69 Å². The maximum atomic E-state index is 9.85. The van der Waals surface area contributed by atoms with Crippen LogP contribution in [0.4, 0.5) is 0 Å². The van der Waals surface area contributed by atoms with Gasteiger partial charge in [0, 0.05) is 23.2 Å². The van der Waals surface area contributed by atoms with Gasteiger partial charge in [-0.25, -0.2) is 0 Å². The molecule has 2 aromatic carbocycles. The highest BCUT2D eigenvalue weighted by Crippen LogP contribution is 2.24. The van der Waals surface area contributed by atoms with Gasteiger partial charge in [-0.3, -0.25) is 4.98 Å². The SMILES string of the molecule is Oc1ccc(Cl)cc1Cc1ccc(-c2ccccc2)nc1. The Kier molecular flexibility index (Phi) is 3.89.